The zero-order valence-corrected chi connectivity index (χ0v) is 11.4. The number of anilines is 1. The van der Waals surface area contributed by atoms with E-state index in [2.05, 4.69) is 13.0 Å². The minimum absolute atomic E-state index is 0.00256. The Labute approximate surface area is 118 Å². The second-order valence-electron chi connectivity index (χ2n) is 5.21. The first-order valence-electron chi connectivity index (χ1n) is 6.82. The lowest BCUT2D eigenvalue weighted by molar-refractivity contribution is 0.0981. The third-order valence-electron chi connectivity index (χ3n) is 3.81. The molecule has 0 fully saturated rings. The summed E-state index contributed by atoms with van der Waals surface area (Å²) in [6.07, 6.45) is 0.899. The maximum absolute atomic E-state index is 12.7. The number of hydrogen-bond donors (Lipinski definition) is 1. The van der Waals surface area contributed by atoms with Crippen LogP contribution in [0, 0.1) is 0 Å². The summed E-state index contributed by atoms with van der Waals surface area (Å²) in [7, 11) is 0. The number of fused-ring (bicyclic) bond motifs is 1. The number of rotatable bonds is 2. The predicted molar refractivity (Wildman–Crippen MR) is 78.8 cm³/mol. The van der Waals surface area contributed by atoms with E-state index in [1.165, 1.54) is 5.56 Å². The summed E-state index contributed by atoms with van der Waals surface area (Å²) >= 11 is 0. The molecular formula is C17H17NO2. The molecule has 1 N–H and O–H groups in total. The Morgan fingerprint density at radius 3 is 2.60 bits per heavy atom. The summed E-state index contributed by atoms with van der Waals surface area (Å²) in [5, 5.41) is 9.06. The molecule has 20 heavy (non-hydrogen) atoms. The van der Waals surface area contributed by atoms with Crippen LogP contribution in [0.4, 0.5) is 5.69 Å². The highest BCUT2D eigenvalue weighted by Gasteiger charge is 2.30. The van der Waals surface area contributed by atoms with Gasteiger partial charge in [0.2, 0.25) is 0 Å². The number of hydrogen-bond acceptors (Lipinski definition) is 2. The zero-order chi connectivity index (χ0) is 14.1. The first-order chi connectivity index (χ1) is 9.70. The molecule has 1 amide bonds. The monoisotopic (exact) mass is 267 g/mol. The Morgan fingerprint density at radius 1 is 1.20 bits per heavy atom. The highest BCUT2D eigenvalue weighted by molar-refractivity contribution is 6.07. The lowest BCUT2D eigenvalue weighted by Gasteiger charge is -2.22. The van der Waals surface area contributed by atoms with Crippen LogP contribution in [-0.2, 0) is 13.0 Å². The van der Waals surface area contributed by atoms with Crippen LogP contribution in [0.15, 0.2) is 48.5 Å². The van der Waals surface area contributed by atoms with Gasteiger partial charge >= 0.3 is 0 Å². The number of carbonyl (C=O) groups excluding carboxylic acids is 1. The van der Waals surface area contributed by atoms with E-state index in [0.717, 1.165) is 17.7 Å². The van der Waals surface area contributed by atoms with Crippen LogP contribution in [0.2, 0.25) is 0 Å². The largest absolute Gasteiger partial charge is 0.392 e. The van der Waals surface area contributed by atoms with Crippen LogP contribution in [-0.4, -0.2) is 17.1 Å². The van der Waals surface area contributed by atoms with Crippen molar-refractivity contribution in [1.29, 1.82) is 0 Å². The molecule has 3 rings (SSSR count). The Morgan fingerprint density at radius 2 is 1.90 bits per heavy atom. The van der Waals surface area contributed by atoms with E-state index < -0.39 is 0 Å². The Hall–Kier alpha value is -2.13. The van der Waals surface area contributed by atoms with Crippen molar-refractivity contribution in [1.82, 2.24) is 0 Å². The fourth-order valence-corrected chi connectivity index (χ4v) is 2.77. The maximum atomic E-state index is 12.7. The summed E-state index contributed by atoms with van der Waals surface area (Å²) in [6, 6.07) is 15.4. The van der Waals surface area contributed by atoms with Crippen molar-refractivity contribution in [3.8, 4) is 0 Å². The number of nitrogens with zero attached hydrogens (tertiary/aromatic N) is 1. The third kappa shape index (κ3) is 2.10. The quantitative estimate of drug-likeness (QED) is 0.909. The average Bonchev–Trinajstić information content (AvgIpc) is 2.82. The lowest BCUT2D eigenvalue weighted by atomic mass is 10.1. The van der Waals surface area contributed by atoms with Gasteiger partial charge in [-0.15, -0.1) is 0 Å². The van der Waals surface area contributed by atoms with Crippen molar-refractivity contribution in [3.05, 3.63) is 65.2 Å². The summed E-state index contributed by atoms with van der Waals surface area (Å²) in [5.41, 5.74) is 3.71. The molecule has 0 spiro atoms. The molecule has 0 aromatic heterocycles. The Kier molecular flexibility index (Phi) is 3.28. The minimum atomic E-state index is -0.00256. The van der Waals surface area contributed by atoms with Crippen molar-refractivity contribution in [2.45, 2.75) is 26.0 Å². The summed E-state index contributed by atoms with van der Waals surface area (Å²) in [4.78, 5) is 14.5. The number of amides is 1. The van der Waals surface area contributed by atoms with Gasteiger partial charge in [0.05, 0.1) is 6.61 Å². The molecular weight excluding hydrogens is 250 g/mol. The van der Waals surface area contributed by atoms with E-state index in [9.17, 15) is 4.79 Å². The van der Waals surface area contributed by atoms with Gasteiger partial charge in [-0.25, -0.2) is 0 Å². The highest BCUT2D eigenvalue weighted by Crippen LogP contribution is 2.32. The van der Waals surface area contributed by atoms with E-state index in [0.29, 0.717) is 5.56 Å². The average molecular weight is 267 g/mol. The fourth-order valence-electron chi connectivity index (χ4n) is 2.77. The molecule has 0 saturated carbocycles. The maximum Gasteiger partial charge on any atom is 0.258 e. The third-order valence-corrected chi connectivity index (χ3v) is 3.81. The number of carbonyl (C=O) groups is 1. The van der Waals surface area contributed by atoms with Gasteiger partial charge in [0.1, 0.15) is 0 Å². The van der Waals surface area contributed by atoms with Gasteiger partial charge < -0.3 is 10.0 Å². The summed E-state index contributed by atoms with van der Waals surface area (Å²) in [5.74, 6) is 0.0203. The van der Waals surface area contributed by atoms with E-state index in [-0.39, 0.29) is 18.6 Å². The Bertz CT molecular complexity index is 634. The number of benzene rings is 2. The van der Waals surface area contributed by atoms with Crippen LogP contribution < -0.4 is 4.90 Å². The van der Waals surface area contributed by atoms with Crippen molar-refractivity contribution in [2.75, 3.05) is 4.90 Å². The van der Waals surface area contributed by atoms with Crippen LogP contribution in [0.1, 0.15) is 28.4 Å². The van der Waals surface area contributed by atoms with Gasteiger partial charge in [0, 0.05) is 17.3 Å². The Balaban J connectivity index is 1.94. The molecule has 0 saturated heterocycles. The van der Waals surface area contributed by atoms with E-state index in [1.54, 1.807) is 24.3 Å². The molecule has 0 bridgehead atoms. The number of para-hydroxylation sites is 1. The first-order valence-corrected chi connectivity index (χ1v) is 6.82. The van der Waals surface area contributed by atoms with Crippen molar-refractivity contribution in [2.24, 2.45) is 0 Å². The standard InChI is InChI=1S/C17H17NO2/c1-12-10-15-4-2-3-5-16(15)18(12)17(20)14-8-6-13(11-19)7-9-14/h2-9,12,19H,10-11H2,1H3. The van der Waals surface area contributed by atoms with Gasteiger partial charge in [-0.05, 0) is 42.7 Å². The number of aliphatic hydroxyl groups is 1. The van der Waals surface area contributed by atoms with Crippen LogP contribution >= 0.6 is 0 Å². The van der Waals surface area contributed by atoms with Crippen molar-refractivity contribution >= 4 is 11.6 Å². The minimum Gasteiger partial charge on any atom is -0.392 e. The van der Waals surface area contributed by atoms with Crippen LogP contribution in [0.3, 0.4) is 0 Å². The molecule has 1 aliphatic heterocycles. The number of aliphatic hydroxyl groups excluding tert-OH is 1. The first kappa shape index (κ1) is 12.9. The van der Waals surface area contributed by atoms with Gasteiger partial charge in [-0.1, -0.05) is 30.3 Å². The molecule has 0 aliphatic carbocycles. The van der Waals surface area contributed by atoms with Gasteiger partial charge in [-0.3, -0.25) is 4.79 Å². The molecule has 102 valence electrons. The molecule has 1 unspecified atom stereocenters. The van der Waals surface area contributed by atoms with E-state index in [4.69, 9.17) is 5.11 Å². The van der Waals surface area contributed by atoms with Crippen LogP contribution in [0.25, 0.3) is 0 Å². The van der Waals surface area contributed by atoms with E-state index >= 15 is 0 Å². The molecule has 1 atom stereocenters. The molecule has 3 nitrogen and oxygen atoms in total. The topological polar surface area (TPSA) is 40.5 Å². The predicted octanol–water partition coefficient (Wildman–Crippen LogP) is 2.77. The van der Waals surface area contributed by atoms with Crippen molar-refractivity contribution in [3.63, 3.8) is 0 Å². The lowest BCUT2D eigenvalue weighted by Crippen LogP contribution is -2.35. The summed E-state index contributed by atoms with van der Waals surface area (Å²) < 4.78 is 0. The van der Waals surface area contributed by atoms with E-state index in [1.807, 2.05) is 23.1 Å². The zero-order valence-electron chi connectivity index (χ0n) is 11.4. The molecule has 1 heterocycles. The van der Waals surface area contributed by atoms with Crippen molar-refractivity contribution < 1.29 is 9.90 Å². The smallest absolute Gasteiger partial charge is 0.258 e. The van der Waals surface area contributed by atoms with Gasteiger partial charge in [0.25, 0.3) is 5.91 Å². The van der Waals surface area contributed by atoms with Crippen LogP contribution in [0.5, 0.6) is 0 Å². The summed E-state index contributed by atoms with van der Waals surface area (Å²) in [6.45, 7) is 2.07. The molecule has 2 aromatic carbocycles. The SMILES string of the molecule is CC1Cc2ccccc2N1C(=O)c1ccc(CO)cc1. The molecule has 2 aromatic rings. The fraction of sp³-hybridized carbons (Fsp3) is 0.235. The highest BCUT2D eigenvalue weighted by atomic mass is 16.3. The van der Waals surface area contributed by atoms with Gasteiger partial charge in [0.15, 0.2) is 0 Å². The second-order valence-corrected chi connectivity index (χ2v) is 5.21. The molecule has 0 radical (unpaired) electrons. The molecule has 1 aliphatic rings. The normalized spacial score (nSPS) is 17.1. The van der Waals surface area contributed by atoms with Gasteiger partial charge in [-0.2, -0.15) is 0 Å². The second kappa shape index (κ2) is 5.10. The molecule has 3 heteroatoms.